The van der Waals surface area contributed by atoms with E-state index in [1.54, 1.807) is 11.9 Å². The molecule has 17 heavy (non-hydrogen) atoms. The van der Waals surface area contributed by atoms with Crippen molar-refractivity contribution in [2.24, 2.45) is 0 Å². The summed E-state index contributed by atoms with van der Waals surface area (Å²) in [5, 5.41) is 8.62. The largest absolute Gasteiger partial charge is 0.444 e. The Morgan fingerprint density at radius 2 is 2.00 bits per heavy atom. The maximum absolute atomic E-state index is 11.7. The van der Waals surface area contributed by atoms with Gasteiger partial charge < -0.3 is 19.5 Å². The molecule has 1 amide bonds. The highest BCUT2D eigenvalue weighted by atomic mass is 16.6. The Bertz CT molecular complexity index is 256. The zero-order chi connectivity index (χ0) is 13.1. The fraction of sp³-hybridized carbons (Fsp3) is 0.917. The second-order valence-corrected chi connectivity index (χ2v) is 5.43. The normalized spacial score (nSPS) is 24.1. The van der Waals surface area contributed by atoms with Crippen molar-refractivity contribution < 1.29 is 19.4 Å². The molecule has 0 aromatic carbocycles. The van der Waals surface area contributed by atoms with E-state index in [2.05, 4.69) is 0 Å². The van der Waals surface area contributed by atoms with Crippen LogP contribution in [0.15, 0.2) is 0 Å². The number of nitrogens with zero attached hydrogens (tertiary/aromatic N) is 1. The molecule has 0 aromatic heterocycles. The molecule has 0 unspecified atom stereocenters. The van der Waals surface area contributed by atoms with Gasteiger partial charge in [0.1, 0.15) is 5.60 Å². The van der Waals surface area contributed by atoms with Crippen molar-refractivity contribution in [2.75, 3.05) is 20.3 Å². The van der Waals surface area contributed by atoms with E-state index in [4.69, 9.17) is 14.6 Å². The van der Waals surface area contributed by atoms with E-state index in [1.807, 2.05) is 20.8 Å². The monoisotopic (exact) mass is 245 g/mol. The van der Waals surface area contributed by atoms with Gasteiger partial charge in [0.25, 0.3) is 0 Å². The van der Waals surface area contributed by atoms with Gasteiger partial charge in [0, 0.05) is 13.1 Å². The van der Waals surface area contributed by atoms with Crippen LogP contribution in [-0.2, 0) is 9.47 Å². The van der Waals surface area contributed by atoms with Crippen LogP contribution in [0.5, 0.6) is 0 Å². The first kappa shape index (κ1) is 14.3. The number of carbonyl (C=O) groups is 1. The lowest BCUT2D eigenvalue weighted by Crippen LogP contribution is -2.50. The van der Waals surface area contributed by atoms with Crippen LogP contribution in [0.3, 0.4) is 0 Å². The number of rotatable bonds is 4. The van der Waals surface area contributed by atoms with Crippen molar-refractivity contribution in [2.45, 2.75) is 51.4 Å². The summed E-state index contributed by atoms with van der Waals surface area (Å²) in [5.41, 5.74) is -0.456. The molecule has 1 N–H and O–H groups in total. The summed E-state index contributed by atoms with van der Waals surface area (Å²) in [6.45, 7) is 5.97. The van der Waals surface area contributed by atoms with Crippen molar-refractivity contribution in [1.82, 2.24) is 4.90 Å². The van der Waals surface area contributed by atoms with E-state index < -0.39 is 5.60 Å². The lowest BCUT2D eigenvalue weighted by Gasteiger charge is -2.41. The van der Waals surface area contributed by atoms with Crippen molar-refractivity contribution in [3.63, 3.8) is 0 Å². The summed E-state index contributed by atoms with van der Waals surface area (Å²) in [7, 11) is 1.75. The van der Waals surface area contributed by atoms with Gasteiger partial charge in [-0.05, 0) is 33.6 Å². The molecular formula is C12H23NO4. The predicted molar refractivity (Wildman–Crippen MR) is 63.8 cm³/mol. The average molecular weight is 245 g/mol. The summed E-state index contributed by atoms with van der Waals surface area (Å²) in [6.07, 6.45) is 1.51. The van der Waals surface area contributed by atoms with Crippen molar-refractivity contribution in [3.8, 4) is 0 Å². The van der Waals surface area contributed by atoms with Gasteiger partial charge in [0.15, 0.2) is 0 Å². The van der Waals surface area contributed by atoms with Crippen LogP contribution in [0.4, 0.5) is 4.79 Å². The topological polar surface area (TPSA) is 59.0 Å². The summed E-state index contributed by atoms with van der Waals surface area (Å²) >= 11 is 0. The molecule has 5 heteroatoms. The summed E-state index contributed by atoms with van der Waals surface area (Å²) in [4.78, 5) is 13.4. The van der Waals surface area contributed by atoms with Gasteiger partial charge in [-0.3, -0.25) is 0 Å². The highest BCUT2D eigenvalue weighted by Crippen LogP contribution is 2.28. The second kappa shape index (κ2) is 5.69. The summed E-state index contributed by atoms with van der Waals surface area (Å²) in [5.74, 6) is 0. The van der Waals surface area contributed by atoms with Gasteiger partial charge >= 0.3 is 6.09 Å². The molecule has 0 aromatic rings. The van der Waals surface area contributed by atoms with Gasteiger partial charge in [0.05, 0.1) is 19.3 Å². The number of hydrogen-bond acceptors (Lipinski definition) is 4. The SMILES string of the molecule is CN(C(=O)OC(C)(C)C)C1CC(OCCO)C1. The lowest BCUT2D eigenvalue weighted by atomic mass is 9.88. The molecule has 0 spiro atoms. The Labute approximate surface area is 103 Å². The molecule has 1 aliphatic rings. The fourth-order valence-corrected chi connectivity index (χ4v) is 1.69. The zero-order valence-corrected chi connectivity index (χ0v) is 11.1. The number of ether oxygens (including phenoxy) is 2. The molecule has 0 heterocycles. The Kier molecular flexibility index (Phi) is 4.77. The van der Waals surface area contributed by atoms with Gasteiger partial charge in [-0.2, -0.15) is 0 Å². The molecule has 1 rings (SSSR count). The third-order valence-corrected chi connectivity index (χ3v) is 2.74. The second-order valence-electron chi connectivity index (χ2n) is 5.43. The van der Waals surface area contributed by atoms with E-state index in [0.717, 1.165) is 12.8 Å². The van der Waals surface area contributed by atoms with Crippen LogP contribution in [-0.4, -0.2) is 54.1 Å². The number of aliphatic hydroxyl groups excluding tert-OH is 1. The Morgan fingerprint density at radius 3 is 2.47 bits per heavy atom. The predicted octanol–water partition coefficient (Wildman–Crippen LogP) is 1.39. The number of aliphatic hydroxyl groups is 1. The first-order valence-electron chi connectivity index (χ1n) is 6.01. The van der Waals surface area contributed by atoms with Gasteiger partial charge in [-0.1, -0.05) is 0 Å². The lowest BCUT2D eigenvalue weighted by molar-refractivity contribution is -0.0588. The van der Waals surface area contributed by atoms with E-state index >= 15 is 0 Å². The first-order chi connectivity index (χ1) is 7.83. The maximum Gasteiger partial charge on any atom is 0.410 e. The van der Waals surface area contributed by atoms with Crippen molar-refractivity contribution in [1.29, 1.82) is 0 Å². The van der Waals surface area contributed by atoms with E-state index in [-0.39, 0.29) is 24.8 Å². The van der Waals surface area contributed by atoms with Crippen LogP contribution in [0, 0.1) is 0 Å². The maximum atomic E-state index is 11.7. The van der Waals surface area contributed by atoms with Crippen LogP contribution in [0.1, 0.15) is 33.6 Å². The smallest absolute Gasteiger partial charge is 0.410 e. The fourth-order valence-electron chi connectivity index (χ4n) is 1.69. The number of carbonyl (C=O) groups excluding carboxylic acids is 1. The van der Waals surface area contributed by atoms with Crippen LogP contribution in [0.25, 0.3) is 0 Å². The van der Waals surface area contributed by atoms with Crippen LogP contribution in [0.2, 0.25) is 0 Å². The van der Waals surface area contributed by atoms with Gasteiger partial charge in [-0.15, -0.1) is 0 Å². The molecule has 0 radical (unpaired) electrons. The van der Waals surface area contributed by atoms with E-state index in [1.165, 1.54) is 0 Å². The molecule has 0 bridgehead atoms. The highest BCUT2D eigenvalue weighted by Gasteiger charge is 2.36. The minimum absolute atomic E-state index is 0.0447. The van der Waals surface area contributed by atoms with Gasteiger partial charge in [0.2, 0.25) is 0 Å². The van der Waals surface area contributed by atoms with Gasteiger partial charge in [-0.25, -0.2) is 4.79 Å². The third-order valence-electron chi connectivity index (χ3n) is 2.74. The Hall–Kier alpha value is -0.810. The minimum atomic E-state index is -0.456. The summed E-state index contributed by atoms with van der Waals surface area (Å²) in [6, 6.07) is 0.188. The Balaban J connectivity index is 2.27. The minimum Gasteiger partial charge on any atom is -0.444 e. The Morgan fingerprint density at radius 1 is 1.41 bits per heavy atom. The number of amides is 1. The van der Waals surface area contributed by atoms with E-state index in [0.29, 0.717) is 6.61 Å². The van der Waals surface area contributed by atoms with E-state index in [9.17, 15) is 4.79 Å². The molecule has 0 aliphatic heterocycles. The molecule has 0 atom stereocenters. The number of hydrogen-bond donors (Lipinski definition) is 1. The molecule has 1 fully saturated rings. The standard InChI is InChI=1S/C12H23NO4/c1-12(2,3)17-11(15)13(4)9-7-10(8-9)16-6-5-14/h9-10,14H,5-8H2,1-4H3. The van der Waals surface area contributed by atoms with Crippen molar-refractivity contribution in [3.05, 3.63) is 0 Å². The quantitative estimate of drug-likeness (QED) is 0.813. The summed E-state index contributed by atoms with van der Waals surface area (Å²) < 4.78 is 10.6. The molecule has 1 saturated carbocycles. The zero-order valence-electron chi connectivity index (χ0n) is 11.1. The van der Waals surface area contributed by atoms with Crippen molar-refractivity contribution >= 4 is 6.09 Å². The molecule has 0 saturated heterocycles. The third kappa shape index (κ3) is 4.52. The molecular weight excluding hydrogens is 222 g/mol. The van der Waals surface area contributed by atoms with Crippen LogP contribution >= 0.6 is 0 Å². The van der Waals surface area contributed by atoms with Crippen LogP contribution < -0.4 is 0 Å². The molecule has 100 valence electrons. The molecule has 5 nitrogen and oxygen atoms in total. The average Bonchev–Trinajstić information content (AvgIpc) is 2.12. The molecule has 1 aliphatic carbocycles. The highest BCUT2D eigenvalue weighted by molar-refractivity contribution is 5.68. The first-order valence-corrected chi connectivity index (χ1v) is 6.01.